The van der Waals surface area contributed by atoms with Gasteiger partial charge in [-0.25, -0.2) is 0 Å². The first-order valence-corrected chi connectivity index (χ1v) is 6.34. The van der Waals surface area contributed by atoms with Crippen LogP contribution in [0.3, 0.4) is 0 Å². The topological polar surface area (TPSA) is 29.1 Å². The summed E-state index contributed by atoms with van der Waals surface area (Å²) in [4.78, 5) is 12.3. The second kappa shape index (κ2) is 6.16. The summed E-state index contributed by atoms with van der Waals surface area (Å²) in [6.07, 6.45) is 0.867. The van der Waals surface area contributed by atoms with E-state index in [4.69, 9.17) is 0 Å². The van der Waals surface area contributed by atoms with Crippen molar-refractivity contribution >= 4 is 21.7 Å². The summed E-state index contributed by atoms with van der Waals surface area (Å²) in [5, 5.41) is 3.07. The third kappa shape index (κ3) is 3.16. The molecule has 1 aromatic rings. The lowest BCUT2D eigenvalue weighted by molar-refractivity contribution is 0.0916. The molecule has 0 bridgehead atoms. The van der Waals surface area contributed by atoms with Crippen LogP contribution in [-0.4, -0.2) is 19.4 Å². The van der Waals surface area contributed by atoms with Crippen LogP contribution in [0, 0.1) is 12.8 Å². The molecule has 0 spiro atoms. The summed E-state index contributed by atoms with van der Waals surface area (Å²) in [5.41, 5.74) is 1.87. The lowest BCUT2D eigenvalue weighted by atomic mass is 9.92. The summed E-state index contributed by atoms with van der Waals surface area (Å²) in [6.45, 7) is 4.76. The van der Waals surface area contributed by atoms with Gasteiger partial charge in [0.25, 0.3) is 0 Å². The molecular formula is C13H18BrNO. The monoisotopic (exact) mass is 283 g/mol. The highest BCUT2D eigenvalue weighted by atomic mass is 79.9. The van der Waals surface area contributed by atoms with E-state index in [0.29, 0.717) is 0 Å². The molecule has 0 aliphatic carbocycles. The average Bonchev–Trinajstić information content (AvgIpc) is 2.28. The van der Waals surface area contributed by atoms with Crippen molar-refractivity contribution < 1.29 is 4.79 Å². The minimum Gasteiger partial charge on any atom is -0.319 e. The Kier molecular flexibility index (Phi) is 5.16. The van der Waals surface area contributed by atoms with E-state index in [2.05, 4.69) is 21.2 Å². The first-order valence-electron chi connectivity index (χ1n) is 5.55. The molecule has 1 unspecified atom stereocenters. The Morgan fingerprint density at radius 3 is 2.75 bits per heavy atom. The van der Waals surface area contributed by atoms with Crippen molar-refractivity contribution in [2.24, 2.45) is 5.92 Å². The number of carbonyl (C=O) groups excluding carboxylic acids is 1. The third-order valence-electron chi connectivity index (χ3n) is 2.78. The van der Waals surface area contributed by atoms with Crippen molar-refractivity contribution in [2.75, 3.05) is 13.6 Å². The normalized spacial score (nSPS) is 12.5. The molecular weight excluding hydrogens is 266 g/mol. The van der Waals surface area contributed by atoms with Gasteiger partial charge in [0.1, 0.15) is 0 Å². The van der Waals surface area contributed by atoms with Gasteiger partial charge in [-0.1, -0.05) is 28.9 Å². The number of halogens is 1. The molecule has 0 saturated carbocycles. The highest BCUT2D eigenvalue weighted by Crippen LogP contribution is 2.20. The molecule has 1 rings (SSSR count). The van der Waals surface area contributed by atoms with Crippen LogP contribution in [0.2, 0.25) is 0 Å². The van der Waals surface area contributed by atoms with Crippen molar-refractivity contribution in [3.63, 3.8) is 0 Å². The minimum atomic E-state index is 0.0676. The van der Waals surface area contributed by atoms with Gasteiger partial charge in [0, 0.05) is 22.5 Å². The third-order valence-corrected chi connectivity index (χ3v) is 3.27. The number of carbonyl (C=O) groups is 1. The van der Waals surface area contributed by atoms with Crippen molar-refractivity contribution in [1.29, 1.82) is 0 Å². The van der Waals surface area contributed by atoms with Crippen LogP contribution >= 0.6 is 15.9 Å². The number of rotatable bonds is 5. The van der Waals surface area contributed by atoms with Gasteiger partial charge in [-0.2, -0.15) is 0 Å². The maximum atomic E-state index is 12.3. The SMILES string of the molecule is CCC(CNC)C(=O)c1cc(Br)ccc1C. The summed E-state index contributed by atoms with van der Waals surface area (Å²) in [7, 11) is 1.88. The van der Waals surface area contributed by atoms with Gasteiger partial charge in [0.15, 0.2) is 5.78 Å². The van der Waals surface area contributed by atoms with Gasteiger partial charge in [-0.3, -0.25) is 4.79 Å². The molecule has 1 atom stereocenters. The zero-order valence-electron chi connectivity index (χ0n) is 10.0. The predicted molar refractivity (Wildman–Crippen MR) is 70.9 cm³/mol. The standard InChI is InChI=1S/C13H18BrNO/c1-4-10(8-15-3)13(16)12-7-11(14)6-5-9(12)2/h5-7,10,15H,4,8H2,1-3H3. The molecule has 0 amide bonds. The van der Waals surface area contributed by atoms with E-state index < -0.39 is 0 Å². The summed E-state index contributed by atoms with van der Waals surface area (Å²) >= 11 is 3.41. The average molecular weight is 284 g/mol. The van der Waals surface area contributed by atoms with Crippen molar-refractivity contribution in [3.8, 4) is 0 Å². The lowest BCUT2D eigenvalue weighted by Crippen LogP contribution is -2.26. The highest BCUT2D eigenvalue weighted by Gasteiger charge is 2.19. The van der Waals surface area contributed by atoms with Gasteiger partial charge in [0.05, 0.1) is 0 Å². The van der Waals surface area contributed by atoms with Gasteiger partial charge < -0.3 is 5.32 Å². The van der Waals surface area contributed by atoms with E-state index >= 15 is 0 Å². The number of Topliss-reactive ketones (excluding diaryl/α,β-unsaturated/α-hetero) is 1. The first-order chi connectivity index (χ1) is 7.60. The molecule has 0 aliphatic heterocycles. The molecule has 0 aliphatic rings. The van der Waals surface area contributed by atoms with Gasteiger partial charge >= 0.3 is 0 Å². The summed E-state index contributed by atoms with van der Waals surface area (Å²) in [5.74, 6) is 0.300. The van der Waals surface area contributed by atoms with E-state index in [0.717, 1.165) is 28.6 Å². The Bertz CT molecular complexity index is 376. The smallest absolute Gasteiger partial charge is 0.167 e. The second-order valence-corrected chi connectivity index (χ2v) is 4.90. The molecule has 0 aromatic heterocycles. The van der Waals surface area contributed by atoms with E-state index in [1.54, 1.807) is 0 Å². The predicted octanol–water partition coefficient (Wildman–Crippen LogP) is 3.19. The largest absolute Gasteiger partial charge is 0.319 e. The number of ketones is 1. The van der Waals surface area contributed by atoms with E-state index in [-0.39, 0.29) is 11.7 Å². The Labute approximate surface area is 106 Å². The van der Waals surface area contributed by atoms with Crippen molar-refractivity contribution in [3.05, 3.63) is 33.8 Å². The van der Waals surface area contributed by atoms with Crippen LogP contribution in [0.25, 0.3) is 0 Å². The van der Waals surface area contributed by atoms with Gasteiger partial charge in [-0.15, -0.1) is 0 Å². The van der Waals surface area contributed by atoms with Gasteiger partial charge in [0.2, 0.25) is 0 Å². The number of hydrogen-bond acceptors (Lipinski definition) is 2. The molecule has 88 valence electrons. The Hall–Kier alpha value is -0.670. The number of hydrogen-bond donors (Lipinski definition) is 1. The molecule has 1 aromatic carbocycles. The lowest BCUT2D eigenvalue weighted by Gasteiger charge is -2.14. The summed E-state index contributed by atoms with van der Waals surface area (Å²) in [6, 6.07) is 5.85. The fourth-order valence-electron chi connectivity index (χ4n) is 1.75. The van der Waals surface area contributed by atoms with Crippen LogP contribution in [0.4, 0.5) is 0 Å². The Morgan fingerprint density at radius 2 is 2.19 bits per heavy atom. The highest BCUT2D eigenvalue weighted by molar-refractivity contribution is 9.10. The quantitative estimate of drug-likeness (QED) is 0.841. The minimum absolute atomic E-state index is 0.0676. The summed E-state index contributed by atoms with van der Waals surface area (Å²) < 4.78 is 0.959. The fraction of sp³-hybridized carbons (Fsp3) is 0.462. The molecule has 0 radical (unpaired) electrons. The molecule has 0 saturated heterocycles. The number of nitrogens with one attached hydrogen (secondary N) is 1. The molecule has 3 heteroatoms. The first kappa shape index (κ1) is 13.4. The van der Waals surface area contributed by atoms with Crippen LogP contribution in [0.15, 0.2) is 22.7 Å². The molecule has 16 heavy (non-hydrogen) atoms. The zero-order valence-corrected chi connectivity index (χ0v) is 11.6. The van der Waals surface area contributed by atoms with Crippen LogP contribution in [0.5, 0.6) is 0 Å². The molecule has 2 nitrogen and oxygen atoms in total. The van der Waals surface area contributed by atoms with E-state index in [9.17, 15) is 4.79 Å². The maximum Gasteiger partial charge on any atom is 0.167 e. The van der Waals surface area contributed by atoms with Crippen LogP contribution in [0.1, 0.15) is 29.3 Å². The molecule has 0 heterocycles. The van der Waals surface area contributed by atoms with E-state index in [1.165, 1.54) is 0 Å². The van der Waals surface area contributed by atoms with Crippen molar-refractivity contribution in [1.82, 2.24) is 5.32 Å². The Morgan fingerprint density at radius 1 is 1.50 bits per heavy atom. The maximum absolute atomic E-state index is 12.3. The van der Waals surface area contributed by atoms with Crippen LogP contribution < -0.4 is 5.32 Å². The molecule has 1 N–H and O–H groups in total. The van der Waals surface area contributed by atoms with Crippen molar-refractivity contribution in [2.45, 2.75) is 20.3 Å². The van der Waals surface area contributed by atoms with E-state index in [1.807, 2.05) is 39.1 Å². The fourth-order valence-corrected chi connectivity index (χ4v) is 2.11. The zero-order chi connectivity index (χ0) is 12.1. The Balaban J connectivity index is 2.98. The number of benzene rings is 1. The van der Waals surface area contributed by atoms with Gasteiger partial charge in [-0.05, 0) is 38.1 Å². The molecule has 0 fully saturated rings. The van der Waals surface area contributed by atoms with Crippen LogP contribution in [-0.2, 0) is 0 Å². The second-order valence-electron chi connectivity index (χ2n) is 3.99. The number of aryl methyl sites for hydroxylation is 1.